The first-order chi connectivity index (χ1) is 59.4. The number of imide groups is 3. The number of amides is 19. The van der Waals surface area contributed by atoms with Gasteiger partial charge in [-0.3, -0.25) is 135 Å². The SMILES string of the molecule is CC(=O)CCOCCN1C(=O)C=CC1=O.CC(=O)CN1C(=O)C=CC1=O.CCC(=O)N[C@@H](CCCN=C(N)N)C(=O)NCC(=O)N[C@@H](C)C(=O)NC(CC(=O)O)C(=O)N[C@@H](CCCN=C(N)N)C(=O)NC(C)C(=O)NCC(=O)NCC(=O)NCC(=O)NCC(=O)N[C@@H](CCCN=C(N)N)C(=O)NCC(=O)N[C@H](C=O)CC(=O)O.O=C1C=CC(=O)N1c1ccccc1. The molecule has 52 heteroatoms. The molecule has 126 heavy (non-hydrogen) atoms. The van der Waals surface area contributed by atoms with Crippen molar-refractivity contribution in [1.82, 2.24) is 78.9 Å². The van der Waals surface area contributed by atoms with Gasteiger partial charge >= 0.3 is 11.9 Å². The van der Waals surface area contributed by atoms with E-state index in [0.717, 1.165) is 26.9 Å². The number of carbonyl (C=O) groups is 24. The number of benzene rings is 1. The number of aldehydes is 1. The maximum absolute atomic E-state index is 13.5. The first-order valence-corrected chi connectivity index (χ1v) is 38.4. The lowest BCUT2D eigenvalue weighted by atomic mass is 10.1. The highest BCUT2D eigenvalue weighted by Crippen LogP contribution is 2.18. The molecule has 1 aromatic rings. The summed E-state index contributed by atoms with van der Waals surface area (Å²) in [6.07, 6.45) is 6.45. The van der Waals surface area contributed by atoms with Gasteiger partial charge in [0, 0.05) is 68.9 Å². The number of anilines is 1. The summed E-state index contributed by atoms with van der Waals surface area (Å²) in [6, 6.07) is -1.14. The van der Waals surface area contributed by atoms with Crippen LogP contribution in [0, 0.1) is 0 Å². The number of aliphatic imine (C=N–C) groups is 3. The predicted octanol–water partition coefficient (Wildman–Crippen LogP) is -11.6. The number of nitrogens with two attached hydrogens (primary N) is 6. The first-order valence-electron chi connectivity index (χ1n) is 38.4. The van der Waals surface area contributed by atoms with Crippen LogP contribution in [-0.2, 0) is 120 Å². The zero-order chi connectivity index (χ0) is 95.1. The molecule has 2 unspecified atom stereocenters. The minimum Gasteiger partial charge on any atom is -0.481 e. The number of nitrogens with zero attached hydrogens (tertiary/aromatic N) is 6. The van der Waals surface area contributed by atoms with Gasteiger partial charge in [0.2, 0.25) is 76.8 Å². The zero-order valence-corrected chi connectivity index (χ0v) is 69.5. The Labute approximate surface area is 719 Å². The number of nitrogens with one attached hydrogen (secondary N) is 13. The molecular formula is C74H107N25O27. The van der Waals surface area contributed by atoms with Crippen molar-refractivity contribution in [3.8, 4) is 0 Å². The van der Waals surface area contributed by atoms with Gasteiger partial charge in [0.1, 0.15) is 54.1 Å². The lowest BCUT2D eigenvalue weighted by Gasteiger charge is -2.24. The standard InChI is InChI=1S/C47H80N22O18.C10H13NO4.C10H7NO2.C7H7NO3/c1-4-30(71)66-26(8-5-11-54-45(48)49)41(84)61-20-34(75)63-24(3)40(83)69-29(15-38(80)81)44(87)68-28(10-7-13-56-47(52)53)43(86)64-23(2)39(82)60-18-33(74)58-16-31(72)57-17-32(73)59-19-36(77)67-27(9-6-12-55-46(50)51)42(85)62-21-35(76)65-25(22-70)14-37(78)79;1-8(12)4-6-15-7-5-11-9(13)2-3-10(11)14;12-9-6-7-10(13)11(9)8-4-2-1-3-5-8;1-5(9)4-8-6(10)2-3-7(8)11/h22-29H,4-21H2,1-3H3,(H,57,72)(H,58,74)(H,59,73)(H,60,82)(H,61,84)(H,62,85)(H,63,75)(H,64,86)(H,65,76)(H,66,71)(H,67,77)(H,68,87)(H,69,83)(H,78,79)(H,80,81)(H4,48,49,54)(H4,50,51,55)(H4,52,53,56);2-3H,4-7H2,1H3;1-7H;2-3H,4H2,1H3/t23?,24-,25-,26-,27-,28-,29?;;;/m0.../s1. The fourth-order valence-electron chi connectivity index (χ4n) is 9.92. The molecule has 0 radical (unpaired) electrons. The number of guanidine groups is 3. The molecule has 0 aliphatic carbocycles. The van der Waals surface area contributed by atoms with Gasteiger partial charge in [-0.15, -0.1) is 0 Å². The second-order valence-electron chi connectivity index (χ2n) is 26.8. The van der Waals surface area contributed by atoms with Crippen LogP contribution in [0.5, 0.6) is 0 Å². The fourth-order valence-corrected chi connectivity index (χ4v) is 9.92. The molecule has 0 aromatic heterocycles. The molecule has 0 fully saturated rings. The highest BCUT2D eigenvalue weighted by molar-refractivity contribution is 6.28. The Morgan fingerprint density at radius 2 is 0.786 bits per heavy atom. The number of ether oxygens (including phenoxy) is 1. The monoisotopic (exact) mass is 1780 g/mol. The highest BCUT2D eigenvalue weighted by atomic mass is 16.5. The van der Waals surface area contributed by atoms with Gasteiger partial charge in [-0.25, -0.2) is 4.90 Å². The molecule has 0 bridgehead atoms. The van der Waals surface area contributed by atoms with Crippen LogP contribution in [-0.4, -0.2) is 307 Å². The Hall–Kier alpha value is -15.3. The molecule has 4 rings (SSSR count). The highest BCUT2D eigenvalue weighted by Gasteiger charge is 2.33. The van der Waals surface area contributed by atoms with Crippen LogP contribution < -0.4 is 108 Å². The van der Waals surface area contributed by atoms with E-state index in [-0.39, 0.29) is 144 Å². The largest absolute Gasteiger partial charge is 0.481 e. The van der Waals surface area contributed by atoms with Crippen molar-refractivity contribution < 1.29 is 130 Å². The molecule has 0 saturated heterocycles. The molecule has 3 aliphatic rings. The predicted molar refractivity (Wildman–Crippen MR) is 440 cm³/mol. The lowest BCUT2D eigenvalue weighted by Crippen LogP contribution is -2.58. The van der Waals surface area contributed by atoms with E-state index in [1.165, 1.54) is 52.0 Å². The molecule has 7 atom stereocenters. The Balaban J connectivity index is 0.00000161. The molecule has 19 amide bonds. The summed E-state index contributed by atoms with van der Waals surface area (Å²) in [4.78, 5) is 301. The van der Waals surface area contributed by atoms with Gasteiger partial charge in [-0.2, -0.15) is 0 Å². The molecule has 3 aliphatic heterocycles. The number of aliphatic carboxylic acids is 2. The molecule has 3 heterocycles. The molecule has 0 saturated carbocycles. The maximum atomic E-state index is 13.5. The number of carboxylic acids is 2. The topological polar surface area (TPSA) is 819 Å². The maximum Gasteiger partial charge on any atom is 0.305 e. The first kappa shape index (κ1) is 109. The summed E-state index contributed by atoms with van der Waals surface area (Å²) in [6.45, 7) is 3.31. The lowest BCUT2D eigenvalue weighted by molar-refractivity contribution is -0.141. The average Bonchev–Trinajstić information content (AvgIpc) is 1.71. The number of para-hydroxylation sites is 1. The number of hydrogen-bond donors (Lipinski definition) is 21. The summed E-state index contributed by atoms with van der Waals surface area (Å²) < 4.78 is 5.11. The number of carboxylic acid groups (broad SMARTS) is 2. The third kappa shape index (κ3) is 47.6. The Bertz CT molecular complexity index is 4240. The van der Waals surface area contributed by atoms with Crippen molar-refractivity contribution in [2.75, 3.05) is 90.1 Å². The van der Waals surface area contributed by atoms with Crippen molar-refractivity contribution in [3.05, 3.63) is 66.8 Å². The van der Waals surface area contributed by atoms with E-state index in [1.807, 2.05) is 6.07 Å². The van der Waals surface area contributed by atoms with Gasteiger partial charge in [0.25, 0.3) is 35.4 Å². The number of carbonyl (C=O) groups excluding carboxylic acids is 22. The van der Waals surface area contributed by atoms with Crippen LogP contribution in [0.3, 0.4) is 0 Å². The van der Waals surface area contributed by atoms with E-state index in [4.69, 9.17) is 44.2 Å². The third-order valence-electron chi connectivity index (χ3n) is 16.2. The van der Waals surface area contributed by atoms with Gasteiger partial charge in [-0.1, -0.05) is 25.1 Å². The zero-order valence-electron chi connectivity index (χ0n) is 69.5. The Morgan fingerprint density at radius 1 is 0.413 bits per heavy atom. The minimum absolute atomic E-state index is 0.0252. The summed E-state index contributed by atoms with van der Waals surface area (Å²) in [5, 5.41) is 47.8. The minimum atomic E-state index is -1.86. The molecule has 0 spiro atoms. The van der Waals surface area contributed by atoms with Crippen LogP contribution in [0.1, 0.15) is 98.8 Å². The summed E-state index contributed by atoms with van der Waals surface area (Å²) in [5.41, 5.74) is 32.6. The van der Waals surface area contributed by atoms with E-state index in [2.05, 4.69) is 84.1 Å². The van der Waals surface area contributed by atoms with E-state index in [0.29, 0.717) is 18.7 Å². The quantitative estimate of drug-likeness (QED) is 0.00947. The van der Waals surface area contributed by atoms with Crippen LogP contribution in [0.25, 0.3) is 0 Å². The Kier molecular flexibility index (Phi) is 51.3. The fraction of sp³-hybridized carbons (Fsp3) is 0.473. The molecule has 52 nitrogen and oxygen atoms in total. The Morgan fingerprint density at radius 3 is 1.21 bits per heavy atom. The van der Waals surface area contributed by atoms with E-state index in [9.17, 15) is 120 Å². The summed E-state index contributed by atoms with van der Waals surface area (Å²) in [7, 11) is 0. The average molecular weight is 1780 g/mol. The molecule has 690 valence electrons. The third-order valence-corrected chi connectivity index (χ3v) is 16.2. The van der Waals surface area contributed by atoms with Crippen molar-refractivity contribution in [2.45, 2.75) is 141 Å². The van der Waals surface area contributed by atoms with Gasteiger partial charge in [0.05, 0.1) is 90.1 Å². The summed E-state index contributed by atoms with van der Waals surface area (Å²) >= 11 is 0. The van der Waals surface area contributed by atoms with Gasteiger partial charge in [-0.05, 0) is 78.4 Å². The van der Waals surface area contributed by atoms with E-state index < -0.39 is 195 Å². The van der Waals surface area contributed by atoms with Crippen molar-refractivity contribution in [1.29, 1.82) is 0 Å². The van der Waals surface area contributed by atoms with Crippen LogP contribution in [0.15, 0.2) is 81.8 Å². The van der Waals surface area contributed by atoms with Crippen LogP contribution in [0.4, 0.5) is 5.69 Å². The van der Waals surface area contributed by atoms with Crippen molar-refractivity contribution in [2.24, 2.45) is 49.4 Å². The van der Waals surface area contributed by atoms with E-state index in [1.54, 1.807) is 31.2 Å². The number of ketones is 2. The van der Waals surface area contributed by atoms with Crippen molar-refractivity contribution in [3.63, 3.8) is 0 Å². The number of hydrogen-bond acceptors (Lipinski definition) is 28. The normalized spacial score (nSPS) is 13.6. The van der Waals surface area contributed by atoms with E-state index >= 15 is 0 Å². The van der Waals surface area contributed by atoms with Gasteiger partial charge < -0.3 is 123 Å². The molecular weight excluding hydrogens is 1670 g/mol. The molecule has 27 N–H and O–H groups in total. The summed E-state index contributed by atoms with van der Waals surface area (Å²) in [5.74, 6) is -17.6. The number of rotatable bonds is 52. The second kappa shape index (κ2) is 59.4. The van der Waals surface area contributed by atoms with Gasteiger partial charge in [0.15, 0.2) is 17.9 Å². The molecule has 1 aromatic carbocycles. The number of Topliss-reactive ketones (excluding diaryl/α,β-unsaturated/α-hetero) is 2. The smallest absolute Gasteiger partial charge is 0.305 e. The van der Waals surface area contributed by atoms with Crippen LogP contribution in [0.2, 0.25) is 0 Å². The van der Waals surface area contributed by atoms with Crippen LogP contribution >= 0.6 is 0 Å². The second-order valence-corrected chi connectivity index (χ2v) is 26.8. The van der Waals surface area contributed by atoms with Crippen molar-refractivity contribution >= 4 is 166 Å².